The highest BCUT2D eigenvalue weighted by Gasteiger charge is 2.38. The quantitative estimate of drug-likeness (QED) is 0.631. The molecule has 20 heavy (non-hydrogen) atoms. The van der Waals surface area contributed by atoms with Crippen LogP contribution < -0.4 is 8.91 Å². The smallest absolute Gasteiger partial charge is 0.403 e. The summed E-state index contributed by atoms with van der Waals surface area (Å²) < 4.78 is 49.0. The van der Waals surface area contributed by atoms with E-state index in [1.165, 1.54) is 0 Å². The fraction of sp³-hybridized carbons (Fsp3) is 0.273. The summed E-state index contributed by atoms with van der Waals surface area (Å²) in [6.45, 7) is 4.00. The van der Waals surface area contributed by atoms with Crippen LogP contribution in [0.15, 0.2) is 22.7 Å². The van der Waals surface area contributed by atoms with Crippen LogP contribution in [0.25, 0.3) is 11.4 Å². The summed E-state index contributed by atoms with van der Waals surface area (Å²) in [5.41, 5.74) is 1.06. The first kappa shape index (κ1) is 14.5. The number of fused-ring (bicyclic) bond motifs is 1. The van der Waals surface area contributed by atoms with Gasteiger partial charge in [-0.05, 0) is 18.2 Å². The van der Waals surface area contributed by atoms with E-state index in [9.17, 15) is 13.2 Å². The van der Waals surface area contributed by atoms with E-state index >= 15 is 0 Å². The van der Waals surface area contributed by atoms with E-state index in [-0.39, 0.29) is 5.82 Å². The topological polar surface area (TPSA) is 60.2 Å². The van der Waals surface area contributed by atoms with Crippen LogP contribution in [-0.4, -0.2) is 10.1 Å². The van der Waals surface area contributed by atoms with Crippen LogP contribution >= 0.6 is 12.2 Å². The number of alkyl halides is 3. The number of hydrogen-bond donors (Lipinski definition) is 1. The zero-order valence-corrected chi connectivity index (χ0v) is 11.3. The molecule has 1 aromatic heterocycles. The predicted molar refractivity (Wildman–Crippen MR) is 67.9 cm³/mol. The van der Waals surface area contributed by atoms with Gasteiger partial charge in [-0.25, -0.2) is 0 Å². The summed E-state index contributed by atoms with van der Waals surface area (Å²) >= 11 is 1.02. The molecule has 0 fully saturated rings. The molecule has 0 saturated carbocycles. The van der Waals surface area contributed by atoms with Crippen LogP contribution in [0.3, 0.4) is 0 Å². The Labute approximate surface area is 116 Å². The molecule has 0 amide bonds. The average molecular weight is 305 g/mol. The third kappa shape index (κ3) is 2.82. The summed E-state index contributed by atoms with van der Waals surface area (Å²) in [5, 5.41) is 3.30. The predicted octanol–water partition coefficient (Wildman–Crippen LogP) is 4.15. The number of halogens is 3. The van der Waals surface area contributed by atoms with Crippen molar-refractivity contribution >= 4 is 17.9 Å². The summed E-state index contributed by atoms with van der Waals surface area (Å²) in [7, 11) is 0. The Kier molecular flexibility index (Phi) is 4.07. The molecular formula is C11H10F3N3O2S. The molecule has 1 aliphatic heterocycles. The lowest BCUT2D eigenvalue weighted by molar-refractivity contribution is -0.159. The first-order chi connectivity index (χ1) is 9.54. The molecule has 3 rings (SSSR count). The molecule has 0 spiro atoms. The summed E-state index contributed by atoms with van der Waals surface area (Å²) in [6.07, 6.45) is -4.64. The van der Waals surface area contributed by atoms with E-state index in [0.29, 0.717) is 17.0 Å². The first-order valence-electron chi connectivity index (χ1n) is 5.69. The van der Waals surface area contributed by atoms with E-state index in [4.69, 9.17) is 4.18 Å². The Morgan fingerprint density at radius 3 is 2.65 bits per heavy atom. The molecule has 5 nitrogen and oxygen atoms in total. The molecule has 1 aromatic carbocycles. The highest BCUT2D eigenvalue weighted by molar-refractivity contribution is 7.96. The second kappa shape index (κ2) is 5.61. The fourth-order valence-electron chi connectivity index (χ4n) is 1.39. The molecule has 1 N–H and O–H groups in total. The summed E-state index contributed by atoms with van der Waals surface area (Å²) in [4.78, 5) is 3.30. The molecule has 0 atom stereocenters. The minimum atomic E-state index is -4.64. The van der Waals surface area contributed by atoms with Crippen molar-refractivity contribution in [3.63, 3.8) is 0 Å². The second-order valence-electron chi connectivity index (χ2n) is 3.40. The molecule has 0 bridgehead atoms. The van der Waals surface area contributed by atoms with Crippen molar-refractivity contribution in [3.8, 4) is 17.1 Å². The maximum absolute atomic E-state index is 12.3. The Balaban J connectivity index is 0.000000704. The molecular weight excluding hydrogens is 295 g/mol. The van der Waals surface area contributed by atoms with Crippen molar-refractivity contribution in [1.82, 2.24) is 10.1 Å². The lowest BCUT2D eigenvalue weighted by atomic mass is 10.2. The third-order valence-corrected chi connectivity index (χ3v) is 2.76. The van der Waals surface area contributed by atoms with Gasteiger partial charge < -0.3 is 8.71 Å². The molecule has 2 aromatic rings. The highest BCUT2D eigenvalue weighted by atomic mass is 32.2. The van der Waals surface area contributed by atoms with Crippen LogP contribution in [-0.2, 0) is 6.18 Å². The van der Waals surface area contributed by atoms with Crippen molar-refractivity contribution in [1.29, 1.82) is 0 Å². The average Bonchev–Trinajstić information content (AvgIpc) is 3.08. The minimum Gasteiger partial charge on any atom is -0.403 e. The molecule has 0 radical (unpaired) electrons. The minimum absolute atomic E-state index is 0.121. The molecule has 1 aliphatic rings. The summed E-state index contributed by atoms with van der Waals surface area (Å²) in [6, 6.07) is 4.75. The Hall–Kier alpha value is -1.90. The second-order valence-corrected chi connectivity index (χ2v) is 3.94. The van der Waals surface area contributed by atoms with Gasteiger partial charge in [0.05, 0.1) is 5.69 Å². The largest absolute Gasteiger partial charge is 0.471 e. The van der Waals surface area contributed by atoms with Crippen LogP contribution in [0.2, 0.25) is 0 Å². The fourth-order valence-corrected chi connectivity index (χ4v) is 1.91. The maximum atomic E-state index is 12.3. The lowest BCUT2D eigenvalue weighted by Gasteiger charge is -1.98. The Morgan fingerprint density at radius 2 is 2.00 bits per heavy atom. The molecule has 0 unspecified atom stereocenters. The van der Waals surface area contributed by atoms with Crippen LogP contribution in [0.4, 0.5) is 18.9 Å². The maximum Gasteiger partial charge on any atom is 0.471 e. The monoisotopic (exact) mass is 305 g/mol. The van der Waals surface area contributed by atoms with E-state index < -0.39 is 12.1 Å². The van der Waals surface area contributed by atoms with Gasteiger partial charge in [-0.3, -0.25) is 4.72 Å². The first-order valence-corrected chi connectivity index (χ1v) is 6.43. The molecule has 0 saturated heterocycles. The van der Waals surface area contributed by atoms with Crippen LogP contribution in [0.5, 0.6) is 5.75 Å². The molecule has 2 heterocycles. The van der Waals surface area contributed by atoms with Crippen molar-refractivity contribution in [2.45, 2.75) is 20.0 Å². The van der Waals surface area contributed by atoms with Crippen molar-refractivity contribution in [2.24, 2.45) is 0 Å². The zero-order valence-electron chi connectivity index (χ0n) is 10.5. The number of rotatable bonds is 1. The van der Waals surface area contributed by atoms with Gasteiger partial charge in [0.25, 0.3) is 0 Å². The number of hydrogen-bond acceptors (Lipinski definition) is 6. The lowest BCUT2D eigenvalue weighted by Crippen LogP contribution is -2.04. The van der Waals surface area contributed by atoms with Gasteiger partial charge in [-0.1, -0.05) is 19.0 Å². The standard InChI is InChI=1S/C9H4F3N3O2S.C2H6/c10-9(11,12)8-13-7(14-16-8)4-1-2-6-5(3-4)15-18-17-6;1-2/h1-3,15H;1-2H3. The SMILES string of the molecule is CC.FC(F)(F)c1nc(-c2ccc3c(c2)NSO3)no1. The molecule has 108 valence electrons. The van der Waals surface area contributed by atoms with Gasteiger partial charge in [-0.15, -0.1) is 0 Å². The van der Waals surface area contributed by atoms with E-state index in [1.54, 1.807) is 18.2 Å². The normalized spacial score (nSPS) is 12.8. The summed E-state index contributed by atoms with van der Waals surface area (Å²) in [5.74, 6) is -0.885. The number of nitrogens with zero attached hydrogens (tertiary/aromatic N) is 2. The van der Waals surface area contributed by atoms with E-state index in [1.807, 2.05) is 13.8 Å². The van der Waals surface area contributed by atoms with E-state index in [0.717, 1.165) is 12.2 Å². The van der Waals surface area contributed by atoms with E-state index in [2.05, 4.69) is 19.4 Å². The molecule has 9 heteroatoms. The van der Waals surface area contributed by atoms with Gasteiger partial charge in [0, 0.05) is 5.56 Å². The Morgan fingerprint density at radius 1 is 1.25 bits per heavy atom. The third-order valence-electron chi connectivity index (χ3n) is 2.19. The highest BCUT2D eigenvalue weighted by Crippen LogP contribution is 2.38. The van der Waals surface area contributed by atoms with Gasteiger partial charge >= 0.3 is 12.1 Å². The van der Waals surface area contributed by atoms with Gasteiger partial charge in [-0.2, -0.15) is 18.2 Å². The van der Waals surface area contributed by atoms with Gasteiger partial charge in [0.15, 0.2) is 18.0 Å². The number of aromatic nitrogens is 2. The number of benzene rings is 1. The molecule has 0 aliphatic carbocycles. The number of nitrogens with one attached hydrogen (secondary N) is 1. The van der Waals surface area contributed by atoms with Crippen molar-refractivity contribution in [2.75, 3.05) is 4.72 Å². The number of anilines is 1. The van der Waals surface area contributed by atoms with Gasteiger partial charge in [0.1, 0.15) is 0 Å². The van der Waals surface area contributed by atoms with Crippen molar-refractivity contribution < 1.29 is 21.9 Å². The van der Waals surface area contributed by atoms with Gasteiger partial charge in [0.2, 0.25) is 5.82 Å². The zero-order chi connectivity index (χ0) is 14.8. The Bertz CT molecular complexity index is 601. The van der Waals surface area contributed by atoms with Crippen LogP contribution in [0, 0.1) is 0 Å². The van der Waals surface area contributed by atoms with Crippen LogP contribution in [0.1, 0.15) is 19.7 Å². The van der Waals surface area contributed by atoms with Crippen molar-refractivity contribution in [3.05, 3.63) is 24.1 Å².